The zero-order valence-corrected chi connectivity index (χ0v) is 19.0. The van der Waals surface area contributed by atoms with Gasteiger partial charge < -0.3 is 9.64 Å². The molecule has 1 unspecified atom stereocenters. The lowest BCUT2D eigenvalue weighted by molar-refractivity contribution is 0.00316. The van der Waals surface area contributed by atoms with Gasteiger partial charge in [-0.3, -0.25) is 14.7 Å². The summed E-state index contributed by atoms with van der Waals surface area (Å²) in [6.45, 7) is 5.60. The van der Waals surface area contributed by atoms with Crippen molar-refractivity contribution in [2.45, 2.75) is 44.7 Å². The molecule has 168 valence electrons. The van der Waals surface area contributed by atoms with Crippen LogP contribution in [0.3, 0.4) is 0 Å². The fourth-order valence-electron chi connectivity index (χ4n) is 4.24. The minimum Gasteiger partial charge on any atom is -0.381 e. The molecule has 1 aromatic heterocycles. The minimum atomic E-state index is -3.21. The van der Waals surface area contributed by atoms with Crippen molar-refractivity contribution in [1.82, 2.24) is 24.1 Å². The maximum Gasteiger partial charge on any atom is 0.273 e. The molecular formula is C20H33N5O4S. The van der Waals surface area contributed by atoms with Gasteiger partial charge in [-0.15, -0.1) is 0 Å². The first-order chi connectivity index (χ1) is 14.3. The molecule has 0 N–H and O–H groups in total. The van der Waals surface area contributed by atoms with Crippen LogP contribution in [0.25, 0.3) is 0 Å². The SMILES string of the molecule is Cc1cnc(C(=O)N(C)CCN(C2CCOCC2)C2CCCN(S(C)(=O)=O)C2)cn1. The Kier molecular flexibility index (Phi) is 7.78. The summed E-state index contributed by atoms with van der Waals surface area (Å²) in [5.74, 6) is -0.157. The minimum absolute atomic E-state index is 0.152. The summed E-state index contributed by atoms with van der Waals surface area (Å²) in [6, 6.07) is 0.491. The van der Waals surface area contributed by atoms with Gasteiger partial charge >= 0.3 is 0 Å². The van der Waals surface area contributed by atoms with Crippen LogP contribution < -0.4 is 0 Å². The van der Waals surface area contributed by atoms with Crippen LogP contribution in [0, 0.1) is 6.92 Å². The van der Waals surface area contributed by atoms with Gasteiger partial charge in [0.25, 0.3) is 5.91 Å². The number of piperidine rings is 1. The van der Waals surface area contributed by atoms with Crippen LogP contribution in [0.4, 0.5) is 0 Å². The molecule has 2 aliphatic rings. The molecule has 0 aliphatic carbocycles. The number of hydrogen-bond donors (Lipinski definition) is 0. The van der Waals surface area contributed by atoms with E-state index in [0.29, 0.717) is 37.9 Å². The molecular weight excluding hydrogens is 406 g/mol. The van der Waals surface area contributed by atoms with E-state index in [0.717, 1.165) is 44.6 Å². The number of hydrogen-bond acceptors (Lipinski definition) is 7. The molecule has 0 saturated carbocycles. The highest BCUT2D eigenvalue weighted by Crippen LogP contribution is 2.24. The molecule has 3 rings (SSSR count). The average Bonchev–Trinajstić information content (AvgIpc) is 2.74. The van der Waals surface area contributed by atoms with Crippen molar-refractivity contribution >= 4 is 15.9 Å². The predicted octanol–water partition coefficient (Wildman–Crippen LogP) is 0.762. The molecule has 9 nitrogen and oxygen atoms in total. The number of carbonyl (C=O) groups excluding carboxylic acids is 1. The number of amides is 1. The van der Waals surface area contributed by atoms with E-state index < -0.39 is 10.0 Å². The van der Waals surface area contributed by atoms with Gasteiger partial charge in [0.05, 0.1) is 18.1 Å². The molecule has 2 saturated heterocycles. The van der Waals surface area contributed by atoms with Crippen LogP contribution in [-0.4, -0.2) is 103 Å². The number of rotatable bonds is 7. The second kappa shape index (κ2) is 10.1. The summed E-state index contributed by atoms with van der Waals surface area (Å²) in [7, 11) is -1.43. The second-order valence-electron chi connectivity index (χ2n) is 8.27. The van der Waals surface area contributed by atoms with Crippen LogP contribution in [0.1, 0.15) is 41.9 Å². The molecule has 1 amide bonds. The Morgan fingerprint density at radius 2 is 1.90 bits per heavy atom. The Balaban J connectivity index is 1.68. The van der Waals surface area contributed by atoms with E-state index in [1.54, 1.807) is 22.4 Å². The van der Waals surface area contributed by atoms with E-state index in [2.05, 4.69) is 14.9 Å². The van der Waals surface area contributed by atoms with Gasteiger partial charge in [-0.2, -0.15) is 0 Å². The maximum absolute atomic E-state index is 12.7. The Bertz CT molecular complexity index is 811. The highest BCUT2D eigenvalue weighted by molar-refractivity contribution is 7.88. The third-order valence-corrected chi connectivity index (χ3v) is 7.27. The normalized spacial score (nSPS) is 21.7. The number of sulfonamides is 1. The summed E-state index contributed by atoms with van der Waals surface area (Å²) in [6.07, 6.45) is 8.05. The molecule has 0 radical (unpaired) electrons. The molecule has 0 spiro atoms. The fourth-order valence-corrected chi connectivity index (χ4v) is 5.14. The van der Waals surface area contributed by atoms with Crippen LogP contribution in [0.5, 0.6) is 0 Å². The number of aryl methyl sites for hydroxylation is 1. The van der Waals surface area contributed by atoms with E-state index in [4.69, 9.17) is 4.74 Å². The fraction of sp³-hybridized carbons (Fsp3) is 0.750. The summed E-state index contributed by atoms with van der Waals surface area (Å²) >= 11 is 0. The van der Waals surface area contributed by atoms with E-state index >= 15 is 0 Å². The van der Waals surface area contributed by atoms with E-state index in [-0.39, 0.29) is 11.9 Å². The number of ether oxygens (including phenoxy) is 1. The van der Waals surface area contributed by atoms with Crippen molar-refractivity contribution in [3.05, 3.63) is 23.8 Å². The van der Waals surface area contributed by atoms with E-state index in [9.17, 15) is 13.2 Å². The Morgan fingerprint density at radius 3 is 2.53 bits per heavy atom. The lowest BCUT2D eigenvalue weighted by Gasteiger charge is -2.44. The topological polar surface area (TPSA) is 95.9 Å². The maximum atomic E-state index is 12.7. The van der Waals surface area contributed by atoms with Gasteiger partial charge in [-0.25, -0.2) is 17.7 Å². The highest BCUT2D eigenvalue weighted by atomic mass is 32.2. The second-order valence-corrected chi connectivity index (χ2v) is 10.3. The first kappa shape index (κ1) is 23.1. The molecule has 0 bridgehead atoms. The lowest BCUT2D eigenvalue weighted by Crippen LogP contribution is -2.55. The first-order valence-corrected chi connectivity index (χ1v) is 12.4. The van der Waals surface area contributed by atoms with Crippen molar-refractivity contribution < 1.29 is 17.9 Å². The standard InChI is InChI=1S/C20H33N5O4S/c1-16-13-22-19(14-21-16)20(26)23(2)9-10-25(17-6-11-29-12-7-17)18-5-4-8-24(15-18)30(3,27)28/h13-14,17-18H,4-12,15H2,1-3H3. The van der Waals surface area contributed by atoms with E-state index in [1.807, 2.05) is 6.92 Å². The van der Waals surface area contributed by atoms with Crippen LogP contribution >= 0.6 is 0 Å². The average molecular weight is 440 g/mol. The van der Waals surface area contributed by atoms with Crippen molar-refractivity contribution in [3.8, 4) is 0 Å². The predicted molar refractivity (Wildman–Crippen MR) is 114 cm³/mol. The van der Waals surface area contributed by atoms with Gasteiger partial charge in [0.15, 0.2) is 0 Å². The van der Waals surface area contributed by atoms with Crippen molar-refractivity contribution in [2.75, 3.05) is 52.7 Å². The quantitative estimate of drug-likeness (QED) is 0.619. The Morgan fingerprint density at radius 1 is 1.17 bits per heavy atom. The zero-order valence-electron chi connectivity index (χ0n) is 18.2. The number of carbonyl (C=O) groups is 1. The van der Waals surface area contributed by atoms with Gasteiger partial charge in [0.2, 0.25) is 10.0 Å². The smallest absolute Gasteiger partial charge is 0.273 e. The number of aromatic nitrogens is 2. The molecule has 30 heavy (non-hydrogen) atoms. The first-order valence-electron chi connectivity index (χ1n) is 10.6. The van der Waals surface area contributed by atoms with Crippen LogP contribution in [-0.2, 0) is 14.8 Å². The highest BCUT2D eigenvalue weighted by Gasteiger charge is 2.34. The summed E-state index contributed by atoms with van der Waals surface area (Å²) in [5, 5.41) is 0. The number of likely N-dealkylation sites (N-methyl/N-ethyl adjacent to an activating group) is 1. The molecule has 1 atom stereocenters. The zero-order chi connectivity index (χ0) is 21.7. The molecule has 2 fully saturated rings. The van der Waals surface area contributed by atoms with Crippen molar-refractivity contribution in [2.24, 2.45) is 0 Å². The third kappa shape index (κ3) is 5.96. The molecule has 2 aliphatic heterocycles. The Labute approximate surface area is 179 Å². The monoisotopic (exact) mass is 439 g/mol. The van der Waals surface area contributed by atoms with Crippen molar-refractivity contribution in [3.63, 3.8) is 0 Å². The molecule has 3 heterocycles. The summed E-state index contributed by atoms with van der Waals surface area (Å²) < 4.78 is 31.3. The van der Waals surface area contributed by atoms with Crippen LogP contribution in [0.15, 0.2) is 12.4 Å². The summed E-state index contributed by atoms with van der Waals surface area (Å²) in [5.41, 5.74) is 1.11. The molecule has 1 aromatic rings. The van der Waals surface area contributed by atoms with E-state index in [1.165, 1.54) is 12.5 Å². The number of nitrogens with zero attached hydrogens (tertiary/aromatic N) is 5. The van der Waals surface area contributed by atoms with Gasteiger partial charge in [-0.1, -0.05) is 0 Å². The third-order valence-electron chi connectivity index (χ3n) is 6.00. The lowest BCUT2D eigenvalue weighted by atomic mass is 9.99. The summed E-state index contributed by atoms with van der Waals surface area (Å²) in [4.78, 5) is 25.1. The molecule has 0 aromatic carbocycles. The largest absolute Gasteiger partial charge is 0.381 e. The molecule has 10 heteroatoms. The van der Waals surface area contributed by atoms with Gasteiger partial charge in [0.1, 0.15) is 5.69 Å². The van der Waals surface area contributed by atoms with Crippen molar-refractivity contribution in [1.29, 1.82) is 0 Å². The van der Waals surface area contributed by atoms with Crippen LogP contribution in [0.2, 0.25) is 0 Å². The Hall–Kier alpha value is -1.62. The van der Waals surface area contributed by atoms with Gasteiger partial charge in [-0.05, 0) is 32.6 Å². The van der Waals surface area contributed by atoms with Gasteiger partial charge in [0, 0.05) is 64.7 Å².